The van der Waals surface area contributed by atoms with Gasteiger partial charge in [-0.2, -0.15) is 0 Å². The van der Waals surface area contributed by atoms with Gasteiger partial charge in [0.2, 0.25) is 0 Å². The molecule has 2 rings (SSSR count). The van der Waals surface area contributed by atoms with Gasteiger partial charge >= 0.3 is 0 Å². The van der Waals surface area contributed by atoms with Crippen LogP contribution in [-0.2, 0) is 0 Å². The maximum atomic E-state index is 3.83. The topological polar surface area (TPSA) is 15.3 Å². The van der Waals surface area contributed by atoms with Crippen LogP contribution in [0.3, 0.4) is 0 Å². The summed E-state index contributed by atoms with van der Waals surface area (Å²) in [4.78, 5) is 2.60. The highest BCUT2D eigenvalue weighted by Gasteiger charge is 2.63. The number of hydrogen-bond acceptors (Lipinski definition) is 2. The highest BCUT2D eigenvalue weighted by molar-refractivity contribution is 5.13. The summed E-state index contributed by atoms with van der Waals surface area (Å²) in [7, 11) is 0. The molecule has 106 valence electrons. The average Bonchev–Trinajstić information content (AvgIpc) is 2.67. The van der Waals surface area contributed by atoms with Gasteiger partial charge in [0, 0.05) is 12.1 Å². The molecule has 1 aliphatic heterocycles. The minimum absolute atomic E-state index is 0.526. The average molecular weight is 252 g/mol. The second kappa shape index (κ2) is 4.79. The smallest absolute Gasteiger partial charge is 0.00915 e. The summed E-state index contributed by atoms with van der Waals surface area (Å²) in [6, 6.07) is 1.47. The van der Waals surface area contributed by atoms with Crippen molar-refractivity contribution in [3.8, 4) is 0 Å². The zero-order valence-electron chi connectivity index (χ0n) is 13.2. The molecule has 2 nitrogen and oxygen atoms in total. The van der Waals surface area contributed by atoms with Crippen LogP contribution in [0.25, 0.3) is 0 Å². The maximum Gasteiger partial charge on any atom is 0.00915 e. The van der Waals surface area contributed by atoms with Gasteiger partial charge in [-0.1, -0.05) is 27.7 Å². The first kappa shape index (κ1) is 14.3. The molecule has 0 aromatic carbocycles. The van der Waals surface area contributed by atoms with E-state index in [4.69, 9.17) is 0 Å². The molecule has 0 atom stereocenters. The van der Waals surface area contributed by atoms with E-state index in [-0.39, 0.29) is 0 Å². The number of likely N-dealkylation sites (tertiary alicyclic amines) is 1. The summed E-state index contributed by atoms with van der Waals surface area (Å²) < 4.78 is 0. The molecule has 2 aliphatic rings. The lowest BCUT2D eigenvalue weighted by Crippen LogP contribution is -2.45. The van der Waals surface area contributed by atoms with E-state index in [0.717, 1.165) is 12.0 Å². The van der Waals surface area contributed by atoms with Crippen LogP contribution in [0.4, 0.5) is 0 Å². The molecule has 0 unspecified atom stereocenters. The van der Waals surface area contributed by atoms with Crippen LogP contribution >= 0.6 is 0 Å². The monoisotopic (exact) mass is 252 g/mol. The summed E-state index contributed by atoms with van der Waals surface area (Å²) >= 11 is 0. The molecule has 1 heterocycles. The molecule has 0 radical (unpaired) electrons. The number of nitrogens with zero attached hydrogens (tertiary/aromatic N) is 1. The van der Waals surface area contributed by atoms with Crippen LogP contribution in [-0.4, -0.2) is 36.6 Å². The lowest BCUT2D eigenvalue weighted by atomic mass is 10.0. The number of hydrogen-bond donors (Lipinski definition) is 1. The van der Waals surface area contributed by atoms with Crippen LogP contribution in [0.5, 0.6) is 0 Å². The summed E-state index contributed by atoms with van der Waals surface area (Å²) in [5, 5.41) is 3.83. The SMILES string of the molecule is CC(C)N1CCC(NCC2C(C)(C)C2(C)C)CC1. The van der Waals surface area contributed by atoms with Crippen molar-refractivity contribution in [1.82, 2.24) is 10.2 Å². The first-order valence-corrected chi connectivity index (χ1v) is 7.74. The fourth-order valence-corrected chi connectivity index (χ4v) is 3.75. The summed E-state index contributed by atoms with van der Waals surface area (Å²) in [6.07, 6.45) is 2.65. The van der Waals surface area contributed by atoms with Crippen LogP contribution in [0, 0.1) is 16.7 Å². The Bertz CT molecular complexity index is 271. The molecule has 1 saturated heterocycles. The summed E-state index contributed by atoms with van der Waals surface area (Å²) in [5.41, 5.74) is 1.05. The van der Waals surface area contributed by atoms with Crippen molar-refractivity contribution in [2.75, 3.05) is 19.6 Å². The predicted molar refractivity (Wildman–Crippen MR) is 78.8 cm³/mol. The van der Waals surface area contributed by atoms with E-state index in [1.807, 2.05) is 0 Å². The first-order chi connectivity index (χ1) is 8.26. The molecule has 0 aromatic rings. The molecule has 2 heteroatoms. The molecule has 0 aromatic heterocycles. The minimum atomic E-state index is 0.526. The van der Waals surface area contributed by atoms with E-state index in [2.05, 4.69) is 51.8 Å². The van der Waals surface area contributed by atoms with Crippen molar-refractivity contribution < 1.29 is 0 Å². The maximum absolute atomic E-state index is 3.83. The van der Waals surface area contributed by atoms with Crippen molar-refractivity contribution >= 4 is 0 Å². The highest BCUT2D eigenvalue weighted by atomic mass is 15.2. The third-order valence-corrected chi connectivity index (χ3v) is 6.19. The molecule has 2 fully saturated rings. The third-order valence-electron chi connectivity index (χ3n) is 6.19. The molecule has 1 saturated carbocycles. The Morgan fingerprint density at radius 1 is 1.06 bits per heavy atom. The van der Waals surface area contributed by atoms with Gasteiger partial charge in [0.25, 0.3) is 0 Å². The Kier molecular flexibility index (Phi) is 3.81. The van der Waals surface area contributed by atoms with Crippen LogP contribution < -0.4 is 5.32 Å². The Balaban J connectivity index is 1.71. The van der Waals surface area contributed by atoms with E-state index in [0.29, 0.717) is 16.9 Å². The number of piperidine rings is 1. The van der Waals surface area contributed by atoms with Gasteiger partial charge < -0.3 is 10.2 Å². The second-order valence-electron chi connectivity index (χ2n) is 7.81. The zero-order valence-corrected chi connectivity index (χ0v) is 13.2. The Morgan fingerprint density at radius 3 is 1.94 bits per heavy atom. The Morgan fingerprint density at radius 2 is 1.56 bits per heavy atom. The van der Waals surface area contributed by atoms with E-state index in [1.165, 1.54) is 32.5 Å². The summed E-state index contributed by atoms with van der Waals surface area (Å²) in [5.74, 6) is 0.855. The van der Waals surface area contributed by atoms with Crippen LogP contribution in [0.1, 0.15) is 54.4 Å². The van der Waals surface area contributed by atoms with Gasteiger partial charge in [0.15, 0.2) is 0 Å². The van der Waals surface area contributed by atoms with Crippen molar-refractivity contribution in [3.63, 3.8) is 0 Å². The van der Waals surface area contributed by atoms with Crippen molar-refractivity contribution in [2.45, 2.75) is 66.5 Å². The van der Waals surface area contributed by atoms with E-state index >= 15 is 0 Å². The minimum Gasteiger partial charge on any atom is -0.314 e. The molecule has 1 N–H and O–H groups in total. The fourth-order valence-electron chi connectivity index (χ4n) is 3.75. The quantitative estimate of drug-likeness (QED) is 0.827. The third kappa shape index (κ3) is 2.46. The standard InChI is InChI=1S/C16H32N2/c1-12(2)18-9-7-13(8-10-18)17-11-14-15(3,4)16(14,5)6/h12-14,17H,7-11H2,1-6H3. The van der Waals surface area contributed by atoms with Crippen LogP contribution in [0.15, 0.2) is 0 Å². The Hall–Kier alpha value is -0.0800. The lowest BCUT2D eigenvalue weighted by molar-refractivity contribution is 0.160. The lowest BCUT2D eigenvalue weighted by Gasteiger charge is -2.35. The molecule has 0 bridgehead atoms. The molecular weight excluding hydrogens is 220 g/mol. The zero-order chi connectivity index (χ0) is 13.6. The van der Waals surface area contributed by atoms with Crippen molar-refractivity contribution in [3.05, 3.63) is 0 Å². The summed E-state index contributed by atoms with van der Waals surface area (Å²) in [6.45, 7) is 18.0. The Labute approximate surface area is 114 Å². The molecular formula is C16H32N2. The first-order valence-electron chi connectivity index (χ1n) is 7.74. The van der Waals surface area contributed by atoms with E-state index in [1.54, 1.807) is 0 Å². The fraction of sp³-hybridized carbons (Fsp3) is 1.00. The molecule has 1 aliphatic carbocycles. The van der Waals surface area contributed by atoms with E-state index < -0.39 is 0 Å². The van der Waals surface area contributed by atoms with Gasteiger partial charge in [-0.05, 0) is 63.1 Å². The van der Waals surface area contributed by atoms with Crippen molar-refractivity contribution in [1.29, 1.82) is 0 Å². The van der Waals surface area contributed by atoms with Gasteiger partial charge in [-0.3, -0.25) is 0 Å². The van der Waals surface area contributed by atoms with Gasteiger partial charge in [-0.15, -0.1) is 0 Å². The van der Waals surface area contributed by atoms with Gasteiger partial charge in [0.1, 0.15) is 0 Å². The molecule has 0 amide bonds. The van der Waals surface area contributed by atoms with Crippen molar-refractivity contribution in [2.24, 2.45) is 16.7 Å². The molecule has 0 spiro atoms. The predicted octanol–water partition coefficient (Wildman–Crippen LogP) is 3.13. The van der Waals surface area contributed by atoms with E-state index in [9.17, 15) is 0 Å². The number of rotatable bonds is 4. The van der Waals surface area contributed by atoms with Crippen LogP contribution in [0.2, 0.25) is 0 Å². The molecule has 18 heavy (non-hydrogen) atoms. The normalized spacial score (nSPS) is 28.8. The second-order valence-corrected chi connectivity index (χ2v) is 7.81. The van der Waals surface area contributed by atoms with Gasteiger partial charge in [-0.25, -0.2) is 0 Å². The highest BCUT2D eigenvalue weighted by Crippen LogP contribution is 2.67. The largest absolute Gasteiger partial charge is 0.314 e. The number of nitrogens with one attached hydrogen (secondary N) is 1. The van der Waals surface area contributed by atoms with Gasteiger partial charge in [0.05, 0.1) is 0 Å².